The monoisotopic (exact) mass is 256 g/mol. The number of ketones is 2. The minimum Gasteiger partial charge on any atom is -0.486 e. The molecule has 19 heavy (non-hydrogen) atoms. The quantitative estimate of drug-likeness (QED) is 0.427. The highest BCUT2D eigenvalue weighted by atomic mass is 16.5. The molecule has 0 unspecified atom stereocenters. The maximum atomic E-state index is 12.1. The molecule has 0 aliphatic heterocycles. The first-order chi connectivity index (χ1) is 9.08. The van der Waals surface area contributed by atoms with Crippen LogP contribution in [0.25, 0.3) is 0 Å². The minimum absolute atomic E-state index is 0.0293. The summed E-state index contributed by atoms with van der Waals surface area (Å²) in [7, 11) is 0. The summed E-state index contributed by atoms with van der Waals surface area (Å²) in [6.07, 6.45) is 4.64. The van der Waals surface area contributed by atoms with Gasteiger partial charge >= 0.3 is 0 Å². The van der Waals surface area contributed by atoms with Crippen LogP contribution >= 0.6 is 0 Å². The van der Waals surface area contributed by atoms with Gasteiger partial charge in [-0.05, 0) is 31.2 Å². The second-order valence-electron chi connectivity index (χ2n) is 3.91. The van der Waals surface area contributed by atoms with Crippen molar-refractivity contribution in [1.29, 1.82) is 0 Å². The van der Waals surface area contributed by atoms with E-state index in [0.29, 0.717) is 16.9 Å². The predicted molar refractivity (Wildman–Crippen MR) is 75.4 cm³/mol. The lowest BCUT2D eigenvalue weighted by Gasteiger charge is -2.05. The second-order valence-corrected chi connectivity index (χ2v) is 3.91. The highest BCUT2D eigenvalue weighted by molar-refractivity contribution is 6.10. The first kappa shape index (κ1) is 14.6. The van der Waals surface area contributed by atoms with Gasteiger partial charge in [0.25, 0.3) is 0 Å². The van der Waals surface area contributed by atoms with Gasteiger partial charge in [0.1, 0.15) is 12.4 Å². The molecule has 3 nitrogen and oxygen atoms in total. The highest BCUT2D eigenvalue weighted by Gasteiger charge is 2.09. The van der Waals surface area contributed by atoms with E-state index in [2.05, 4.69) is 13.2 Å². The van der Waals surface area contributed by atoms with Crippen LogP contribution in [-0.2, 0) is 4.79 Å². The maximum absolute atomic E-state index is 12.1. The molecule has 0 atom stereocenters. The number of hydrogen-bond donors (Lipinski definition) is 0. The zero-order chi connectivity index (χ0) is 14.3. The first-order valence-electron chi connectivity index (χ1n) is 5.80. The third-order valence-electron chi connectivity index (χ3n) is 2.34. The van der Waals surface area contributed by atoms with Crippen LogP contribution in [0.1, 0.15) is 17.3 Å². The van der Waals surface area contributed by atoms with Gasteiger partial charge < -0.3 is 4.74 Å². The van der Waals surface area contributed by atoms with Crippen LogP contribution in [0.15, 0.2) is 61.2 Å². The van der Waals surface area contributed by atoms with Crippen molar-refractivity contribution in [2.24, 2.45) is 0 Å². The Labute approximate surface area is 112 Å². The number of Topliss-reactive ketones (excluding diaryl/α,β-unsaturated/α-hetero) is 2. The number of allylic oxidation sites excluding steroid dienone is 4. The highest BCUT2D eigenvalue weighted by Crippen LogP contribution is 2.15. The summed E-state index contributed by atoms with van der Waals surface area (Å²) in [5.41, 5.74) is 1.01. The SMILES string of the molecule is C=C/C=C(\C=C)C(=O)c1ccc(OCC(C)=O)cc1. The van der Waals surface area contributed by atoms with Crippen LogP contribution in [0.2, 0.25) is 0 Å². The van der Waals surface area contributed by atoms with Gasteiger partial charge in [0.15, 0.2) is 11.6 Å². The van der Waals surface area contributed by atoms with Gasteiger partial charge in [-0.25, -0.2) is 0 Å². The molecule has 0 radical (unpaired) electrons. The molecule has 1 rings (SSSR count). The average Bonchev–Trinajstić information content (AvgIpc) is 2.42. The third kappa shape index (κ3) is 4.39. The van der Waals surface area contributed by atoms with Gasteiger partial charge in [-0.3, -0.25) is 9.59 Å². The van der Waals surface area contributed by atoms with E-state index in [0.717, 1.165) is 0 Å². The van der Waals surface area contributed by atoms with Crippen LogP contribution in [0.5, 0.6) is 5.75 Å². The van der Waals surface area contributed by atoms with Crippen LogP contribution < -0.4 is 4.74 Å². The molecule has 0 heterocycles. The third-order valence-corrected chi connectivity index (χ3v) is 2.34. The molecule has 0 aliphatic rings. The van der Waals surface area contributed by atoms with E-state index in [1.807, 2.05) is 0 Å². The molecule has 1 aromatic rings. The van der Waals surface area contributed by atoms with Crippen molar-refractivity contribution in [3.8, 4) is 5.75 Å². The maximum Gasteiger partial charge on any atom is 0.193 e. The summed E-state index contributed by atoms with van der Waals surface area (Å²) in [6.45, 7) is 8.63. The van der Waals surface area contributed by atoms with Gasteiger partial charge in [0.2, 0.25) is 0 Å². The van der Waals surface area contributed by atoms with Crippen LogP contribution in [0, 0.1) is 0 Å². The Balaban J connectivity index is 2.83. The van der Waals surface area contributed by atoms with Gasteiger partial charge in [-0.15, -0.1) is 0 Å². The molecule has 0 saturated heterocycles. The molecule has 0 N–H and O–H groups in total. The summed E-state index contributed by atoms with van der Waals surface area (Å²) in [4.78, 5) is 22.8. The van der Waals surface area contributed by atoms with Gasteiger partial charge in [0.05, 0.1) is 0 Å². The Morgan fingerprint density at radius 2 is 1.84 bits per heavy atom. The molecule has 1 aromatic carbocycles. The summed E-state index contributed by atoms with van der Waals surface area (Å²) in [5, 5.41) is 0. The number of hydrogen-bond acceptors (Lipinski definition) is 3. The van der Waals surface area contributed by atoms with Crippen molar-refractivity contribution in [2.75, 3.05) is 6.61 Å². The Morgan fingerprint density at radius 3 is 2.32 bits per heavy atom. The van der Waals surface area contributed by atoms with Crippen LogP contribution in [0.4, 0.5) is 0 Å². The van der Waals surface area contributed by atoms with E-state index in [4.69, 9.17) is 4.74 Å². The molecule has 0 spiro atoms. The Morgan fingerprint density at radius 1 is 1.21 bits per heavy atom. The zero-order valence-electron chi connectivity index (χ0n) is 10.9. The average molecular weight is 256 g/mol. The fourth-order valence-electron chi connectivity index (χ4n) is 1.42. The van der Waals surface area contributed by atoms with Crippen LogP contribution in [0.3, 0.4) is 0 Å². The number of carbonyl (C=O) groups excluding carboxylic acids is 2. The molecular weight excluding hydrogens is 240 g/mol. The molecule has 0 bridgehead atoms. The van der Waals surface area contributed by atoms with E-state index in [9.17, 15) is 9.59 Å². The summed E-state index contributed by atoms with van der Waals surface area (Å²) in [5.74, 6) is 0.371. The normalized spacial score (nSPS) is 10.7. The lowest BCUT2D eigenvalue weighted by molar-refractivity contribution is -0.118. The largest absolute Gasteiger partial charge is 0.486 e. The molecule has 0 aliphatic carbocycles. The van der Waals surface area contributed by atoms with Gasteiger partial charge in [-0.2, -0.15) is 0 Å². The van der Waals surface area contributed by atoms with E-state index in [-0.39, 0.29) is 18.2 Å². The number of ether oxygens (including phenoxy) is 1. The lowest BCUT2D eigenvalue weighted by Crippen LogP contribution is -2.07. The first-order valence-corrected chi connectivity index (χ1v) is 5.80. The minimum atomic E-state index is -0.131. The molecule has 0 saturated carbocycles. The lowest BCUT2D eigenvalue weighted by atomic mass is 10.0. The topological polar surface area (TPSA) is 43.4 Å². The van der Waals surface area contributed by atoms with Crippen LogP contribution in [-0.4, -0.2) is 18.2 Å². The van der Waals surface area contributed by atoms with Crippen molar-refractivity contribution in [2.45, 2.75) is 6.92 Å². The molecule has 3 heteroatoms. The van der Waals surface area contributed by atoms with Crippen molar-refractivity contribution in [3.63, 3.8) is 0 Å². The fraction of sp³-hybridized carbons (Fsp3) is 0.125. The molecule has 0 fully saturated rings. The smallest absolute Gasteiger partial charge is 0.193 e. The van der Waals surface area contributed by atoms with Crippen molar-refractivity contribution in [3.05, 3.63) is 66.8 Å². The van der Waals surface area contributed by atoms with E-state index < -0.39 is 0 Å². The Kier molecular flexibility index (Phi) is 5.48. The van der Waals surface area contributed by atoms with E-state index in [1.54, 1.807) is 36.4 Å². The fourth-order valence-corrected chi connectivity index (χ4v) is 1.42. The Hall–Kier alpha value is -2.42. The van der Waals surface area contributed by atoms with Crippen molar-refractivity contribution < 1.29 is 14.3 Å². The number of benzene rings is 1. The van der Waals surface area contributed by atoms with E-state index >= 15 is 0 Å². The van der Waals surface area contributed by atoms with Gasteiger partial charge in [-0.1, -0.05) is 31.4 Å². The second kappa shape index (κ2) is 7.11. The molecule has 0 aromatic heterocycles. The zero-order valence-corrected chi connectivity index (χ0v) is 10.9. The van der Waals surface area contributed by atoms with E-state index in [1.165, 1.54) is 13.0 Å². The molecular formula is C16H16O3. The Bertz CT molecular complexity index is 521. The predicted octanol–water partition coefficient (Wildman–Crippen LogP) is 3.14. The number of carbonyl (C=O) groups is 2. The standard InChI is InChI=1S/C16H16O3/c1-4-6-13(5-2)16(18)14-7-9-15(10-8-14)19-11-12(3)17/h4-10H,1-2,11H2,3H3/b13-6+. The summed E-state index contributed by atoms with van der Waals surface area (Å²) in [6, 6.07) is 6.62. The molecule has 98 valence electrons. The van der Waals surface area contributed by atoms with Crippen molar-refractivity contribution in [1.82, 2.24) is 0 Å². The van der Waals surface area contributed by atoms with Gasteiger partial charge in [0, 0.05) is 11.1 Å². The van der Waals surface area contributed by atoms with Crippen molar-refractivity contribution >= 4 is 11.6 Å². The summed E-state index contributed by atoms with van der Waals surface area (Å²) >= 11 is 0. The number of rotatable bonds is 7. The summed E-state index contributed by atoms with van der Waals surface area (Å²) < 4.78 is 5.22. The molecule has 0 amide bonds.